The van der Waals surface area contributed by atoms with Crippen LogP contribution >= 0.6 is 0 Å². The molecule has 2 heterocycles. The highest BCUT2D eigenvalue weighted by atomic mass is 16.2. The van der Waals surface area contributed by atoms with Crippen LogP contribution in [0, 0.1) is 0 Å². The van der Waals surface area contributed by atoms with E-state index >= 15 is 0 Å². The number of rotatable bonds is 1. The Balaban J connectivity index is 1.94. The van der Waals surface area contributed by atoms with Gasteiger partial charge in [-0.15, -0.1) is 0 Å². The fourth-order valence-corrected chi connectivity index (χ4v) is 2.67. The number of hydrogen-bond donors (Lipinski definition) is 4. The topological polar surface area (TPSA) is 65.2 Å². The van der Waals surface area contributed by atoms with Gasteiger partial charge in [-0.2, -0.15) is 0 Å². The van der Waals surface area contributed by atoms with Crippen LogP contribution in [0.3, 0.4) is 0 Å². The van der Waals surface area contributed by atoms with Crippen LogP contribution in [0.25, 0.3) is 0 Å². The van der Waals surface area contributed by atoms with E-state index in [0.29, 0.717) is 0 Å². The van der Waals surface area contributed by atoms with Crippen molar-refractivity contribution in [2.75, 3.05) is 36.1 Å². The van der Waals surface area contributed by atoms with E-state index in [9.17, 15) is 4.79 Å². The smallest absolute Gasteiger partial charge is 0.250 e. The van der Waals surface area contributed by atoms with Gasteiger partial charge in [0.1, 0.15) is 5.54 Å². The van der Waals surface area contributed by atoms with Gasteiger partial charge in [-0.1, -0.05) is 0 Å². The standard InChI is InChI=1S/C13H18N4O/c1-14-9-2-3-10-11(8-9)16-12(18)13(17-10)4-6-15-7-5-13/h2-3,8,14-15,17H,4-7H2,1H3,(H,16,18). The van der Waals surface area contributed by atoms with Crippen LogP contribution in [-0.4, -0.2) is 31.6 Å². The Morgan fingerprint density at radius 3 is 2.72 bits per heavy atom. The van der Waals surface area contributed by atoms with Gasteiger partial charge in [-0.25, -0.2) is 0 Å². The number of anilines is 3. The number of amides is 1. The van der Waals surface area contributed by atoms with Gasteiger partial charge in [-0.05, 0) is 44.1 Å². The van der Waals surface area contributed by atoms with Crippen molar-refractivity contribution >= 4 is 23.0 Å². The lowest BCUT2D eigenvalue weighted by molar-refractivity contribution is -0.121. The molecule has 1 fully saturated rings. The second-order valence-corrected chi connectivity index (χ2v) is 4.92. The predicted octanol–water partition coefficient (Wildman–Crippen LogP) is 1.21. The zero-order valence-corrected chi connectivity index (χ0v) is 10.5. The minimum atomic E-state index is -0.431. The number of fused-ring (bicyclic) bond motifs is 1. The summed E-state index contributed by atoms with van der Waals surface area (Å²) in [4.78, 5) is 12.3. The lowest BCUT2D eigenvalue weighted by Crippen LogP contribution is -2.57. The van der Waals surface area contributed by atoms with Crippen molar-refractivity contribution in [2.24, 2.45) is 0 Å². The molecular weight excluding hydrogens is 228 g/mol. The average molecular weight is 246 g/mol. The predicted molar refractivity (Wildman–Crippen MR) is 73.1 cm³/mol. The molecule has 1 amide bonds. The van der Waals surface area contributed by atoms with Crippen LogP contribution in [0.4, 0.5) is 17.1 Å². The molecular formula is C13H18N4O. The van der Waals surface area contributed by atoms with Crippen molar-refractivity contribution in [2.45, 2.75) is 18.4 Å². The van der Waals surface area contributed by atoms with Crippen molar-refractivity contribution in [3.63, 3.8) is 0 Å². The highest BCUT2D eigenvalue weighted by molar-refractivity contribution is 6.06. The van der Waals surface area contributed by atoms with Crippen LogP contribution in [0.5, 0.6) is 0 Å². The van der Waals surface area contributed by atoms with Crippen LogP contribution in [-0.2, 0) is 4.79 Å². The molecule has 0 saturated carbocycles. The van der Waals surface area contributed by atoms with Crippen LogP contribution in [0.2, 0.25) is 0 Å². The maximum Gasteiger partial charge on any atom is 0.250 e. The summed E-state index contributed by atoms with van der Waals surface area (Å²) in [6.45, 7) is 1.76. The monoisotopic (exact) mass is 246 g/mol. The van der Waals surface area contributed by atoms with Crippen molar-refractivity contribution in [1.82, 2.24) is 5.32 Å². The highest BCUT2D eigenvalue weighted by Crippen LogP contribution is 2.36. The zero-order chi connectivity index (χ0) is 12.6. The molecule has 0 aromatic heterocycles. The molecule has 1 spiro atoms. The molecule has 0 radical (unpaired) electrons. The molecule has 0 unspecified atom stereocenters. The molecule has 2 aliphatic heterocycles. The number of carbonyl (C=O) groups is 1. The molecule has 5 nitrogen and oxygen atoms in total. The van der Waals surface area contributed by atoms with Gasteiger partial charge in [0.2, 0.25) is 5.91 Å². The quantitative estimate of drug-likeness (QED) is 0.601. The van der Waals surface area contributed by atoms with Gasteiger partial charge < -0.3 is 21.3 Å². The van der Waals surface area contributed by atoms with Gasteiger partial charge in [0.25, 0.3) is 0 Å². The molecule has 96 valence electrons. The molecule has 4 N–H and O–H groups in total. The molecule has 18 heavy (non-hydrogen) atoms. The number of benzene rings is 1. The molecule has 2 aliphatic rings. The average Bonchev–Trinajstić information content (AvgIpc) is 2.41. The maximum absolute atomic E-state index is 12.3. The van der Waals surface area contributed by atoms with Gasteiger partial charge >= 0.3 is 0 Å². The zero-order valence-electron chi connectivity index (χ0n) is 10.5. The summed E-state index contributed by atoms with van der Waals surface area (Å²) in [7, 11) is 1.87. The van der Waals surface area contributed by atoms with Gasteiger partial charge in [0.05, 0.1) is 11.4 Å². The van der Waals surface area contributed by atoms with Crippen molar-refractivity contribution in [3.8, 4) is 0 Å². The first-order valence-electron chi connectivity index (χ1n) is 6.36. The summed E-state index contributed by atoms with van der Waals surface area (Å²) in [6, 6.07) is 5.98. The summed E-state index contributed by atoms with van der Waals surface area (Å²) < 4.78 is 0. The first-order chi connectivity index (χ1) is 8.73. The van der Waals surface area contributed by atoms with Gasteiger partial charge in [0.15, 0.2) is 0 Å². The van der Waals surface area contributed by atoms with E-state index in [1.54, 1.807) is 0 Å². The van der Waals surface area contributed by atoms with Gasteiger partial charge in [0, 0.05) is 12.7 Å². The fraction of sp³-hybridized carbons (Fsp3) is 0.462. The summed E-state index contributed by atoms with van der Waals surface area (Å²) in [6.07, 6.45) is 1.65. The Bertz CT molecular complexity index is 480. The molecule has 0 bridgehead atoms. The lowest BCUT2D eigenvalue weighted by Gasteiger charge is -2.41. The Kier molecular flexibility index (Phi) is 2.63. The van der Waals surface area contributed by atoms with Gasteiger partial charge in [-0.3, -0.25) is 4.79 Å². The minimum Gasteiger partial charge on any atom is -0.388 e. The van der Waals surface area contributed by atoms with Crippen molar-refractivity contribution < 1.29 is 4.79 Å². The van der Waals surface area contributed by atoms with Crippen molar-refractivity contribution in [1.29, 1.82) is 0 Å². The molecule has 5 heteroatoms. The fourth-order valence-electron chi connectivity index (χ4n) is 2.67. The molecule has 1 aromatic carbocycles. The van der Waals surface area contributed by atoms with Crippen LogP contribution < -0.4 is 21.3 Å². The van der Waals surface area contributed by atoms with E-state index in [-0.39, 0.29) is 5.91 Å². The molecule has 1 aromatic rings. The second kappa shape index (κ2) is 4.17. The Morgan fingerprint density at radius 2 is 2.00 bits per heavy atom. The third-order valence-corrected chi connectivity index (χ3v) is 3.82. The number of piperidine rings is 1. The molecule has 0 atom stereocenters. The summed E-state index contributed by atoms with van der Waals surface area (Å²) >= 11 is 0. The summed E-state index contributed by atoms with van der Waals surface area (Å²) in [5.74, 6) is 0.0877. The Morgan fingerprint density at radius 1 is 1.22 bits per heavy atom. The summed E-state index contributed by atoms with van der Waals surface area (Å²) in [5, 5.41) is 12.8. The van der Waals surface area contributed by atoms with Crippen LogP contribution in [0.15, 0.2) is 18.2 Å². The third-order valence-electron chi connectivity index (χ3n) is 3.82. The van der Waals surface area contributed by atoms with E-state index in [1.807, 2.05) is 25.2 Å². The van der Waals surface area contributed by atoms with E-state index in [2.05, 4.69) is 21.3 Å². The molecule has 1 saturated heterocycles. The Hall–Kier alpha value is -1.75. The SMILES string of the molecule is CNc1ccc2c(c1)NC(=O)C1(CCNCC1)N2. The largest absolute Gasteiger partial charge is 0.388 e. The minimum absolute atomic E-state index is 0.0877. The van der Waals surface area contributed by atoms with E-state index in [0.717, 1.165) is 43.0 Å². The number of nitrogens with one attached hydrogen (secondary N) is 4. The lowest BCUT2D eigenvalue weighted by atomic mass is 9.85. The molecule has 0 aliphatic carbocycles. The van der Waals surface area contributed by atoms with E-state index in [1.165, 1.54) is 0 Å². The van der Waals surface area contributed by atoms with Crippen molar-refractivity contribution in [3.05, 3.63) is 18.2 Å². The second-order valence-electron chi connectivity index (χ2n) is 4.92. The third kappa shape index (κ3) is 1.71. The summed E-state index contributed by atoms with van der Waals surface area (Å²) in [5.41, 5.74) is 2.43. The Labute approximate surface area is 106 Å². The number of carbonyl (C=O) groups excluding carboxylic acids is 1. The molecule has 3 rings (SSSR count). The maximum atomic E-state index is 12.3. The normalized spacial score (nSPS) is 20.8. The first-order valence-corrected chi connectivity index (χ1v) is 6.36. The van der Waals surface area contributed by atoms with E-state index < -0.39 is 5.54 Å². The van der Waals surface area contributed by atoms with E-state index in [4.69, 9.17) is 0 Å². The highest BCUT2D eigenvalue weighted by Gasteiger charge is 2.42. The number of hydrogen-bond acceptors (Lipinski definition) is 4. The first kappa shape index (κ1) is 11.3. The van der Waals surface area contributed by atoms with Crippen LogP contribution in [0.1, 0.15) is 12.8 Å².